The molecule has 2 unspecified atom stereocenters. The number of hydrogen-bond donors (Lipinski definition) is 1. The Bertz CT molecular complexity index is 1410. The molecule has 0 saturated carbocycles. The molecule has 3 aliphatic rings. The largest absolute Gasteiger partial charge is 0.495 e. The molecule has 3 amide bonds. The monoisotopic (exact) mass is 532 g/mol. The standard InChI is InChI=1S/C29H29ClN4O4/c1-29-18-23(22-17-20(30)10-11-25(22)38-29)31-28(36)34(29)21-7-5-6-19(16-21)27(35)33-14-12-32(13-15-33)24-8-3-4-9-26(24)37-2/h3-11,16-17,23H,12-15,18H2,1-2H3,(H,31,36). The number of nitrogens with zero attached hydrogens (tertiary/aromatic N) is 3. The number of amides is 3. The molecule has 0 radical (unpaired) electrons. The zero-order valence-electron chi connectivity index (χ0n) is 21.3. The van der Waals surface area contributed by atoms with E-state index in [1.807, 2.05) is 60.4 Å². The number of anilines is 2. The van der Waals surface area contributed by atoms with Gasteiger partial charge in [-0.1, -0.05) is 29.8 Å². The summed E-state index contributed by atoms with van der Waals surface area (Å²) in [6, 6.07) is 20.1. The molecular formula is C29H29ClN4O4. The maximum atomic E-state index is 13.5. The van der Waals surface area contributed by atoms with Gasteiger partial charge in [-0.25, -0.2) is 4.79 Å². The van der Waals surface area contributed by atoms with Crippen molar-refractivity contribution >= 4 is 34.9 Å². The number of benzene rings is 3. The Morgan fingerprint density at radius 3 is 2.63 bits per heavy atom. The highest BCUT2D eigenvalue weighted by molar-refractivity contribution is 6.30. The van der Waals surface area contributed by atoms with Gasteiger partial charge in [0.1, 0.15) is 11.5 Å². The van der Waals surface area contributed by atoms with Gasteiger partial charge in [-0.15, -0.1) is 0 Å². The summed E-state index contributed by atoms with van der Waals surface area (Å²) in [7, 11) is 1.67. The van der Waals surface area contributed by atoms with Gasteiger partial charge in [0.15, 0.2) is 5.72 Å². The van der Waals surface area contributed by atoms with Gasteiger partial charge in [0.2, 0.25) is 0 Å². The predicted octanol–water partition coefficient (Wildman–Crippen LogP) is 5.08. The van der Waals surface area contributed by atoms with Crippen molar-refractivity contribution in [3.63, 3.8) is 0 Å². The first-order chi connectivity index (χ1) is 18.4. The van der Waals surface area contributed by atoms with Gasteiger partial charge < -0.3 is 24.6 Å². The van der Waals surface area contributed by atoms with Crippen molar-refractivity contribution in [3.8, 4) is 11.5 Å². The van der Waals surface area contributed by atoms with Crippen molar-refractivity contribution in [2.24, 2.45) is 0 Å². The maximum absolute atomic E-state index is 13.5. The molecule has 3 aliphatic heterocycles. The molecule has 2 saturated heterocycles. The lowest BCUT2D eigenvalue weighted by atomic mass is 9.90. The van der Waals surface area contributed by atoms with Crippen LogP contribution in [0.5, 0.6) is 11.5 Å². The molecule has 3 aromatic rings. The van der Waals surface area contributed by atoms with Crippen LogP contribution in [-0.2, 0) is 0 Å². The van der Waals surface area contributed by atoms with Crippen molar-refractivity contribution in [1.29, 1.82) is 0 Å². The van der Waals surface area contributed by atoms with Crippen LogP contribution < -0.4 is 24.6 Å². The number of fused-ring (bicyclic) bond motifs is 4. The molecule has 6 rings (SSSR count). The Kier molecular flexibility index (Phi) is 6.07. The zero-order valence-corrected chi connectivity index (χ0v) is 22.1. The van der Waals surface area contributed by atoms with Crippen molar-refractivity contribution in [2.75, 3.05) is 43.1 Å². The third-order valence-electron chi connectivity index (χ3n) is 7.58. The molecule has 3 heterocycles. The van der Waals surface area contributed by atoms with Gasteiger partial charge in [0.05, 0.1) is 24.5 Å². The number of nitrogens with one attached hydrogen (secondary N) is 1. The molecule has 196 valence electrons. The smallest absolute Gasteiger partial charge is 0.325 e. The first kappa shape index (κ1) is 24.4. The fourth-order valence-electron chi connectivity index (χ4n) is 5.74. The van der Waals surface area contributed by atoms with E-state index >= 15 is 0 Å². The van der Waals surface area contributed by atoms with Gasteiger partial charge in [-0.3, -0.25) is 9.69 Å². The third kappa shape index (κ3) is 4.19. The van der Waals surface area contributed by atoms with E-state index in [1.165, 1.54) is 0 Å². The van der Waals surface area contributed by atoms with E-state index in [0.717, 1.165) is 17.0 Å². The quantitative estimate of drug-likeness (QED) is 0.507. The number of halogens is 1. The van der Waals surface area contributed by atoms with Crippen LogP contribution >= 0.6 is 11.6 Å². The summed E-state index contributed by atoms with van der Waals surface area (Å²) < 4.78 is 11.9. The third-order valence-corrected chi connectivity index (χ3v) is 7.81. The summed E-state index contributed by atoms with van der Waals surface area (Å²) in [5.74, 6) is 1.46. The molecule has 9 heteroatoms. The summed E-state index contributed by atoms with van der Waals surface area (Å²) >= 11 is 6.19. The Labute approximate surface area is 226 Å². The number of carbonyl (C=O) groups is 2. The Balaban J connectivity index is 1.21. The Morgan fingerprint density at radius 1 is 1.05 bits per heavy atom. The summed E-state index contributed by atoms with van der Waals surface area (Å²) in [4.78, 5) is 32.5. The van der Waals surface area contributed by atoms with Crippen LogP contribution in [0.25, 0.3) is 0 Å². The second-order valence-electron chi connectivity index (χ2n) is 10.0. The number of carbonyl (C=O) groups excluding carboxylic acids is 2. The summed E-state index contributed by atoms with van der Waals surface area (Å²) in [5, 5.41) is 3.68. The Hall–Kier alpha value is -3.91. The second-order valence-corrected chi connectivity index (χ2v) is 10.4. The molecule has 8 nitrogen and oxygen atoms in total. The van der Waals surface area contributed by atoms with Gasteiger partial charge >= 0.3 is 6.03 Å². The van der Waals surface area contributed by atoms with Crippen molar-refractivity contribution in [2.45, 2.75) is 25.1 Å². The molecule has 2 atom stereocenters. The number of urea groups is 1. The number of piperazine rings is 1. The average molecular weight is 533 g/mol. The lowest BCUT2D eigenvalue weighted by Crippen LogP contribution is -2.65. The lowest BCUT2D eigenvalue weighted by molar-refractivity contribution is 0.0378. The van der Waals surface area contributed by atoms with Gasteiger partial charge in [0.25, 0.3) is 5.91 Å². The Morgan fingerprint density at radius 2 is 1.84 bits per heavy atom. The summed E-state index contributed by atoms with van der Waals surface area (Å²) in [6.07, 6.45) is 0.551. The SMILES string of the molecule is COc1ccccc1N1CCN(C(=O)c2cccc(N3C(=O)NC4CC3(C)Oc3ccc(Cl)cc34)c2)CC1. The highest BCUT2D eigenvalue weighted by Crippen LogP contribution is 2.46. The van der Waals surface area contributed by atoms with E-state index < -0.39 is 5.72 Å². The van der Waals surface area contributed by atoms with E-state index in [9.17, 15) is 9.59 Å². The molecule has 0 spiro atoms. The minimum absolute atomic E-state index is 0.0588. The number of rotatable bonds is 4. The van der Waals surface area contributed by atoms with Crippen LogP contribution in [0.15, 0.2) is 66.7 Å². The molecule has 38 heavy (non-hydrogen) atoms. The number of hydrogen-bond acceptors (Lipinski definition) is 5. The second kappa shape index (κ2) is 9.44. The molecular weight excluding hydrogens is 504 g/mol. The molecule has 0 aromatic heterocycles. The van der Waals surface area contributed by atoms with Crippen LogP contribution in [0.1, 0.15) is 35.3 Å². The highest BCUT2D eigenvalue weighted by Gasteiger charge is 2.50. The minimum Gasteiger partial charge on any atom is -0.495 e. The first-order valence-electron chi connectivity index (χ1n) is 12.7. The zero-order chi connectivity index (χ0) is 26.4. The summed E-state index contributed by atoms with van der Waals surface area (Å²) in [6.45, 7) is 4.50. The van der Waals surface area contributed by atoms with Crippen LogP contribution in [0.3, 0.4) is 0 Å². The fraction of sp³-hybridized carbons (Fsp3) is 0.310. The van der Waals surface area contributed by atoms with Gasteiger partial charge in [0, 0.05) is 48.7 Å². The van der Waals surface area contributed by atoms with Crippen LogP contribution in [0.4, 0.5) is 16.2 Å². The topological polar surface area (TPSA) is 74.4 Å². The van der Waals surface area contributed by atoms with Crippen LogP contribution in [-0.4, -0.2) is 55.9 Å². The van der Waals surface area contributed by atoms with Gasteiger partial charge in [-0.2, -0.15) is 0 Å². The summed E-state index contributed by atoms with van der Waals surface area (Å²) in [5.41, 5.74) is 2.15. The number of para-hydroxylation sites is 2. The number of ether oxygens (including phenoxy) is 2. The first-order valence-corrected chi connectivity index (χ1v) is 13.1. The fourth-order valence-corrected chi connectivity index (χ4v) is 5.92. The van der Waals surface area contributed by atoms with E-state index in [-0.39, 0.29) is 18.0 Å². The maximum Gasteiger partial charge on any atom is 0.325 e. The van der Waals surface area contributed by atoms with Crippen molar-refractivity contribution in [1.82, 2.24) is 10.2 Å². The van der Waals surface area contributed by atoms with Crippen LogP contribution in [0, 0.1) is 0 Å². The van der Waals surface area contributed by atoms with E-state index in [0.29, 0.717) is 54.6 Å². The van der Waals surface area contributed by atoms with Crippen molar-refractivity contribution in [3.05, 3.63) is 82.9 Å². The lowest BCUT2D eigenvalue weighted by Gasteiger charge is -2.50. The highest BCUT2D eigenvalue weighted by atomic mass is 35.5. The normalized spacial score (nSPS) is 22.3. The molecule has 1 N–H and O–H groups in total. The molecule has 2 fully saturated rings. The van der Waals surface area contributed by atoms with Crippen molar-refractivity contribution < 1.29 is 19.1 Å². The van der Waals surface area contributed by atoms with Crippen LogP contribution in [0.2, 0.25) is 5.02 Å². The van der Waals surface area contributed by atoms with E-state index in [1.54, 1.807) is 30.2 Å². The molecule has 3 aromatic carbocycles. The molecule has 0 aliphatic carbocycles. The number of methoxy groups -OCH3 is 1. The molecule has 2 bridgehead atoms. The van der Waals surface area contributed by atoms with E-state index in [2.05, 4.69) is 10.2 Å². The van der Waals surface area contributed by atoms with E-state index in [4.69, 9.17) is 21.1 Å². The van der Waals surface area contributed by atoms with Gasteiger partial charge in [-0.05, 0) is 55.5 Å². The minimum atomic E-state index is -0.907. The average Bonchev–Trinajstić information content (AvgIpc) is 2.93. The predicted molar refractivity (Wildman–Crippen MR) is 146 cm³/mol.